The Bertz CT molecular complexity index is 364. The number of ether oxygens (including phenoxy) is 1. The highest BCUT2D eigenvalue weighted by Gasteiger charge is 2.20. The second-order valence-electron chi connectivity index (χ2n) is 2.97. The minimum absolute atomic E-state index is 0.0905. The molecule has 0 aliphatic rings. The molecule has 0 spiro atoms. The fourth-order valence-corrected chi connectivity index (χ4v) is 1.15. The molecule has 5 heteroatoms. The highest BCUT2D eigenvalue weighted by Crippen LogP contribution is 2.27. The molecule has 0 aliphatic heterocycles. The average Bonchev–Trinajstić information content (AvgIpc) is 2.17. The lowest BCUT2D eigenvalue weighted by atomic mass is 10.1. The summed E-state index contributed by atoms with van der Waals surface area (Å²) < 4.78 is 4.71. The molecule has 1 aromatic carbocycles. The zero-order valence-electron chi connectivity index (χ0n) is 8.30. The maximum absolute atomic E-state index is 11.3. The van der Waals surface area contributed by atoms with Crippen molar-refractivity contribution >= 4 is 5.97 Å². The maximum Gasteiger partial charge on any atom is 0.327 e. The molecule has 82 valence electrons. The van der Waals surface area contributed by atoms with Gasteiger partial charge in [0.2, 0.25) is 0 Å². The quantitative estimate of drug-likeness (QED) is 0.639. The van der Waals surface area contributed by atoms with Crippen molar-refractivity contribution in [3.8, 4) is 11.5 Å². The lowest BCUT2D eigenvalue weighted by molar-refractivity contribution is -0.144. The molecule has 0 aliphatic carbocycles. The van der Waals surface area contributed by atoms with E-state index in [9.17, 15) is 9.90 Å². The second kappa shape index (κ2) is 4.65. The monoisotopic (exact) mass is 211 g/mol. The molecule has 5 nitrogen and oxygen atoms in total. The van der Waals surface area contributed by atoms with E-state index in [2.05, 4.69) is 0 Å². The van der Waals surface area contributed by atoms with Crippen LogP contribution in [0, 0.1) is 0 Å². The first kappa shape index (κ1) is 11.3. The van der Waals surface area contributed by atoms with Gasteiger partial charge in [-0.2, -0.15) is 0 Å². The molecule has 1 aromatic rings. The Kier molecular flexibility index (Phi) is 3.51. The van der Waals surface area contributed by atoms with Crippen LogP contribution >= 0.6 is 0 Å². The van der Waals surface area contributed by atoms with Gasteiger partial charge in [-0.05, 0) is 19.1 Å². The van der Waals surface area contributed by atoms with Crippen molar-refractivity contribution in [1.29, 1.82) is 0 Å². The fraction of sp³-hybridized carbons (Fsp3) is 0.300. The van der Waals surface area contributed by atoms with E-state index in [0.29, 0.717) is 0 Å². The predicted molar refractivity (Wildman–Crippen MR) is 53.3 cm³/mol. The van der Waals surface area contributed by atoms with Gasteiger partial charge in [0, 0.05) is 11.6 Å². The van der Waals surface area contributed by atoms with E-state index in [0.717, 1.165) is 6.07 Å². The van der Waals surface area contributed by atoms with Crippen LogP contribution in [0.15, 0.2) is 18.2 Å². The zero-order chi connectivity index (χ0) is 11.4. The van der Waals surface area contributed by atoms with E-state index >= 15 is 0 Å². The van der Waals surface area contributed by atoms with E-state index in [-0.39, 0.29) is 23.7 Å². The summed E-state index contributed by atoms with van der Waals surface area (Å²) in [6.07, 6.45) is 0. The number of rotatable bonds is 3. The largest absolute Gasteiger partial charge is 0.508 e. The molecular formula is C10H13NO4. The van der Waals surface area contributed by atoms with E-state index in [1.165, 1.54) is 12.1 Å². The van der Waals surface area contributed by atoms with Gasteiger partial charge in [-0.1, -0.05) is 0 Å². The number of benzene rings is 1. The van der Waals surface area contributed by atoms with Crippen molar-refractivity contribution in [2.75, 3.05) is 6.61 Å². The van der Waals surface area contributed by atoms with Crippen molar-refractivity contribution in [2.45, 2.75) is 13.0 Å². The van der Waals surface area contributed by atoms with Gasteiger partial charge in [0.25, 0.3) is 0 Å². The summed E-state index contributed by atoms with van der Waals surface area (Å²) in [6, 6.07) is 2.81. The highest BCUT2D eigenvalue weighted by molar-refractivity contribution is 5.78. The summed E-state index contributed by atoms with van der Waals surface area (Å²) in [6.45, 7) is 1.90. The highest BCUT2D eigenvalue weighted by atomic mass is 16.5. The standard InChI is InChI=1S/C10H13NO4/c1-2-15-10(14)9(11)7-4-3-6(12)5-8(7)13/h3-5,9,12-13H,2,11H2,1H3/t9-/m0/s1. The number of aromatic hydroxyl groups is 2. The molecule has 1 rings (SSSR count). The molecule has 0 radical (unpaired) electrons. The lowest BCUT2D eigenvalue weighted by Gasteiger charge is -2.12. The molecular weight excluding hydrogens is 198 g/mol. The van der Waals surface area contributed by atoms with Crippen LogP contribution in [0.5, 0.6) is 11.5 Å². The molecule has 0 bridgehead atoms. The number of phenolic OH excluding ortho intramolecular Hbond substituents is 2. The third-order valence-electron chi connectivity index (χ3n) is 1.89. The molecule has 0 aromatic heterocycles. The van der Waals surface area contributed by atoms with E-state index in [1.54, 1.807) is 6.92 Å². The van der Waals surface area contributed by atoms with E-state index < -0.39 is 12.0 Å². The molecule has 0 saturated carbocycles. The van der Waals surface area contributed by atoms with Gasteiger partial charge in [0.05, 0.1) is 6.61 Å². The Hall–Kier alpha value is -1.75. The van der Waals surface area contributed by atoms with Gasteiger partial charge in [-0.3, -0.25) is 0 Å². The van der Waals surface area contributed by atoms with Gasteiger partial charge in [-0.25, -0.2) is 4.79 Å². The van der Waals surface area contributed by atoms with Crippen molar-refractivity contribution in [3.05, 3.63) is 23.8 Å². The molecule has 15 heavy (non-hydrogen) atoms. The molecule has 0 saturated heterocycles. The summed E-state index contributed by atoms with van der Waals surface area (Å²) in [4.78, 5) is 11.3. The summed E-state index contributed by atoms with van der Waals surface area (Å²) >= 11 is 0. The van der Waals surface area contributed by atoms with E-state index in [1.807, 2.05) is 0 Å². The minimum atomic E-state index is -1.04. The van der Waals surface area contributed by atoms with Gasteiger partial charge < -0.3 is 20.7 Å². The third kappa shape index (κ3) is 2.60. The summed E-state index contributed by atoms with van der Waals surface area (Å²) in [5, 5.41) is 18.5. The van der Waals surface area contributed by atoms with Crippen LogP contribution in [0.25, 0.3) is 0 Å². The number of carbonyl (C=O) groups excluding carboxylic acids is 1. The van der Waals surface area contributed by atoms with Crippen LogP contribution < -0.4 is 5.73 Å². The van der Waals surface area contributed by atoms with Crippen molar-refractivity contribution in [1.82, 2.24) is 0 Å². The number of phenols is 2. The van der Waals surface area contributed by atoms with Crippen LogP contribution in [0.2, 0.25) is 0 Å². The summed E-state index contributed by atoms with van der Waals surface area (Å²) in [7, 11) is 0. The van der Waals surface area contributed by atoms with Crippen molar-refractivity contribution in [3.63, 3.8) is 0 Å². The third-order valence-corrected chi connectivity index (χ3v) is 1.89. The fourth-order valence-electron chi connectivity index (χ4n) is 1.15. The minimum Gasteiger partial charge on any atom is -0.508 e. The molecule has 4 N–H and O–H groups in total. The Morgan fingerprint density at radius 2 is 2.20 bits per heavy atom. The van der Waals surface area contributed by atoms with E-state index in [4.69, 9.17) is 15.6 Å². The molecule has 1 atom stereocenters. The Labute approximate surface area is 87.1 Å². The number of hydrogen-bond donors (Lipinski definition) is 3. The van der Waals surface area contributed by atoms with Gasteiger partial charge in [-0.15, -0.1) is 0 Å². The lowest BCUT2D eigenvalue weighted by Crippen LogP contribution is -2.23. The average molecular weight is 211 g/mol. The first-order valence-electron chi connectivity index (χ1n) is 4.50. The van der Waals surface area contributed by atoms with Crippen LogP contribution in [-0.2, 0) is 9.53 Å². The Morgan fingerprint density at radius 1 is 1.53 bits per heavy atom. The number of nitrogens with two attached hydrogens (primary N) is 1. The van der Waals surface area contributed by atoms with Gasteiger partial charge in [0.1, 0.15) is 17.5 Å². The zero-order valence-corrected chi connectivity index (χ0v) is 8.30. The van der Waals surface area contributed by atoms with Crippen molar-refractivity contribution in [2.24, 2.45) is 5.73 Å². The first-order chi connectivity index (χ1) is 7.06. The molecule has 0 fully saturated rings. The van der Waals surface area contributed by atoms with Crippen LogP contribution in [0.3, 0.4) is 0 Å². The first-order valence-corrected chi connectivity index (χ1v) is 4.50. The maximum atomic E-state index is 11.3. The molecule has 0 heterocycles. The van der Waals surface area contributed by atoms with Crippen molar-refractivity contribution < 1.29 is 19.7 Å². The predicted octanol–water partition coefficient (Wildman–Crippen LogP) is 0.661. The van der Waals surface area contributed by atoms with Gasteiger partial charge >= 0.3 is 5.97 Å². The smallest absolute Gasteiger partial charge is 0.327 e. The van der Waals surface area contributed by atoms with Crippen LogP contribution in [0.4, 0.5) is 0 Å². The SMILES string of the molecule is CCOC(=O)[C@@H](N)c1ccc(O)cc1O. The number of hydrogen-bond acceptors (Lipinski definition) is 5. The van der Waals surface area contributed by atoms with Crippen LogP contribution in [-0.4, -0.2) is 22.8 Å². The normalized spacial score (nSPS) is 12.1. The number of esters is 1. The Morgan fingerprint density at radius 3 is 2.73 bits per heavy atom. The second-order valence-corrected chi connectivity index (χ2v) is 2.97. The van der Waals surface area contributed by atoms with Crippen LogP contribution in [0.1, 0.15) is 18.5 Å². The number of carbonyl (C=O) groups is 1. The molecule has 0 unspecified atom stereocenters. The molecule has 0 amide bonds. The summed E-state index contributed by atoms with van der Waals surface area (Å²) in [5.74, 6) is -0.929. The summed E-state index contributed by atoms with van der Waals surface area (Å²) in [5.41, 5.74) is 5.79. The van der Waals surface area contributed by atoms with Gasteiger partial charge in [0.15, 0.2) is 0 Å². The topological polar surface area (TPSA) is 92.8 Å². The Balaban J connectivity index is 2.91.